The van der Waals surface area contributed by atoms with Gasteiger partial charge in [-0.1, -0.05) is 0 Å². The number of nitriles is 1. The zero-order chi connectivity index (χ0) is 9.80. The topological polar surface area (TPSA) is 62.5 Å². The van der Waals surface area contributed by atoms with Gasteiger partial charge in [-0.2, -0.15) is 5.26 Å². The molecule has 0 fully saturated rings. The third-order valence-corrected chi connectivity index (χ3v) is 1.71. The number of aromatic nitrogens is 3. The fraction of sp³-hybridized carbons (Fsp3) is 0. The van der Waals surface area contributed by atoms with Crippen molar-refractivity contribution in [1.29, 1.82) is 5.26 Å². The molecule has 0 aliphatic carbocycles. The lowest BCUT2D eigenvalue weighted by Gasteiger charge is -1.98. The molecule has 0 N–H and O–H groups in total. The van der Waals surface area contributed by atoms with Crippen LogP contribution >= 0.6 is 0 Å². The molecular formula is C10H6N4. The summed E-state index contributed by atoms with van der Waals surface area (Å²) in [6, 6.07) is 7.35. The van der Waals surface area contributed by atoms with Crippen molar-refractivity contribution < 1.29 is 0 Å². The van der Waals surface area contributed by atoms with Gasteiger partial charge >= 0.3 is 0 Å². The number of hydrogen-bond donors (Lipinski definition) is 0. The van der Waals surface area contributed by atoms with Gasteiger partial charge in [-0.3, -0.25) is 4.98 Å². The zero-order valence-electron chi connectivity index (χ0n) is 7.25. The fourth-order valence-electron chi connectivity index (χ4n) is 1.09. The summed E-state index contributed by atoms with van der Waals surface area (Å²) in [5.74, 6) is 0.173. The van der Waals surface area contributed by atoms with Crippen molar-refractivity contribution in [2.24, 2.45) is 0 Å². The summed E-state index contributed by atoms with van der Waals surface area (Å²) in [5, 5.41) is 8.62. The van der Waals surface area contributed by atoms with E-state index in [4.69, 9.17) is 5.26 Å². The van der Waals surface area contributed by atoms with Crippen LogP contribution in [0.1, 0.15) is 5.82 Å². The second-order valence-corrected chi connectivity index (χ2v) is 2.62. The van der Waals surface area contributed by atoms with E-state index in [1.54, 1.807) is 24.7 Å². The Balaban J connectivity index is 2.49. The fourth-order valence-corrected chi connectivity index (χ4v) is 1.09. The van der Waals surface area contributed by atoms with Gasteiger partial charge in [0.25, 0.3) is 0 Å². The van der Waals surface area contributed by atoms with E-state index < -0.39 is 0 Å². The van der Waals surface area contributed by atoms with E-state index in [9.17, 15) is 0 Å². The van der Waals surface area contributed by atoms with Crippen molar-refractivity contribution in [3.05, 3.63) is 42.6 Å². The number of hydrogen-bond acceptors (Lipinski definition) is 4. The summed E-state index contributed by atoms with van der Waals surface area (Å²) in [6.07, 6.45) is 4.95. The zero-order valence-corrected chi connectivity index (χ0v) is 7.25. The number of nitrogens with zero attached hydrogens (tertiary/aromatic N) is 4. The number of pyridine rings is 1. The number of rotatable bonds is 1. The van der Waals surface area contributed by atoms with Crippen molar-refractivity contribution >= 4 is 0 Å². The van der Waals surface area contributed by atoms with Gasteiger partial charge in [0, 0.05) is 24.2 Å². The standard InChI is InChI=1S/C10H6N4/c11-6-10-13-5-3-9(14-10)8-2-1-4-12-7-8/h1-5,7H. The minimum atomic E-state index is 0.173. The summed E-state index contributed by atoms with van der Waals surface area (Å²) < 4.78 is 0. The van der Waals surface area contributed by atoms with Crippen LogP contribution in [0, 0.1) is 11.3 Å². The maximum absolute atomic E-state index is 8.62. The van der Waals surface area contributed by atoms with Crippen molar-refractivity contribution in [3.8, 4) is 17.3 Å². The summed E-state index contributed by atoms with van der Waals surface area (Å²) in [5.41, 5.74) is 1.59. The SMILES string of the molecule is N#Cc1nccc(-c2cccnc2)n1. The molecule has 0 radical (unpaired) electrons. The summed E-state index contributed by atoms with van der Waals surface area (Å²) in [6.45, 7) is 0. The monoisotopic (exact) mass is 182 g/mol. The average Bonchev–Trinajstić information content (AvgIpc) is 2.30. The quantitative estimate of drug-likeness (QED) is 0.668. The molecule has 0 aliphatic heterocycles. The Morgan fingerprint density at radius 2 is 2.14 bits per heavy atom. The molecule has 2 heterocycles. The molecule has 66 valence electrons. The molecular weight excluding hydrogens is 176 g/mol. The molecule has 0 amide bonds. The van der Waals surface area contributed by atoms with Crippen LogP contribution in [0.2, 0.25) is 0 Å². The van der Waals surface area contributed by atoms with Crippen LogP contribution in [0.25, 0.3) is 11.3 Å². The van der Waals surface area contributed by atoms with Gasteiger partial charge in [0.15, 0.2) is 0 Å². The first kappa shape index (κ1) is 8.32. The first-order valence-electron chi connectivity index (χ1n) is 4.04. The van der Waals surface area contributed by atoms with Crippen LogP contribution in [0.15, 0.2) is 36.8 Å². The molecule has 0 saturated heterocycles. The van der Waals surface area contributed by atoms with E-state index in [0.29, 0.717) is 5.69 Å². The highest BCUT2D eigenvalue weighted by Gasteiger charge is 2.00. The molecule has 0 bridgehead atoms. The lowest BCUT2D eigenvalue weighted by molar-refractivity contribution is 1.11. The van der Waals surface area contributed by atoms with Crippen molar-refractivity contribution in [3.63, 3.8) is 0 Å². The molecule has 0 unspecified atom stereocenters. The predicted molar refractivity (Wildman–Crippen MR) is 50.0 cm³/mol. The van der Waals surface area contributed by atoms with E-state index in [1.807, 2.05) is 18.2 Å². The third kappa shape index (κ3) is 1.57. The first-order valence-corrected chi connectivity index (χ1v) is 4.04. The van der Waals surface area contributed by atoms with Crippen LogP contribution in [0.3, 0.4) is 0 Å². The van der Waals surface area contributed by atoms with E-state index >= 15 is 0 Å². The van der Waals surface area contributed by atoms with E-state index in [0.717, 1.165) is 5.56 Å². The van der Waals surface area contributed by atoms with Crippen LogP contribution in [-0.2, 0) is 0 Å². The van der Waals surface area contributed by atoms with Crippen molar-refractivity contribution in [1.82, 2.24) is 15.0 Å². The van der Waals surface area contributed by atoms with E-state index in [-0.39, 0.29) is 5.82 Å². The minimum Gasteiger partial charge on any atom is -0.264 e. The van der Waals surface area contributed by atoms with Gasteiger partial charge in [-0.25, -0.2) is 9.97 Å². The van der Waals surface area contributed by atoms with Crippen LogP contribution in [0.5, 0.6) is 0 Å². The van der Waals surface area contributed by atoms with E-state index in [1.165, 1.54) is 0 Å². The second kappa shape index (κ2) is 3.62. The molecule has 0 saturated carbocycles. The lowest BCUT2D eigenvalue weighted by Crippen LogP contribution is -1.90. The molecule has 2 aromatic rings. The van der Waals surface area contributed by atoms with Gasteiger partial charge in [-0.05, 0) is 18.2 Å². The van der Waals surface area contributed by atoms with Crippen LogP contribution < -0.4 is 0 Å². The first-order chi connectivity index (χ1) is 6.90. The maximum atomic E-state index is 8.62. The van der Waals surface area contributed by atoms with Crippen molar-refractivity contribution in [2.45, 2.75) is 0 Å². The highest BCUT2D eigenvalue weighted by molar-refractivity contribution is 5.57. The summed E-state index contributed by atoms with van der Waals surface area (Å²) >= 11 is 0. The van der Waals surface area contributed by atoms with E-state index in [2.05, 4.69) is 15.0 Å². The smallest absolute Gasteiger partial charge is 0.232 e. The average molecular weight is 182 g/mol. The van der Waals surface area contributed by atoms with Crippen LogP contribution in [-0.4, -0.2) is 15.0 Å². The van der Waals surface area contributed by atoms with Gasteiger partial charge in [-0.15, -0.1) is 0 Å². The Kier molecular flexibility index (Phi) is 2.15. The largest absolute Gasteiger partial charge is 0.264 e. The highest BCUT2D eigenvalue weighted by atomic mass is 14.9. The molecule has 0 spiro atoms. The van der Waals surface area contributed by atoms with Gasteiger partial charge in [0.1, 0.15) is 6.07 Å². The lowest BCUT2D eigenvalue weighted by atomic mass is 10.2. The highest BCUT2D eigenvalue weighted by Crippen LogP contribution is 2.13. The molecule has 0 aromatic carbocycles. The third-order valence-electron chi connectivity index (χ3n) is 1.71. The molecule has 2 aromatic heterocycles. The normalized spacial score (nSPS) is 9.36. The second-order valence-electron chi connectivity index (χ2n) is 2.62. The Morgan fingerprint density at radius 1 is 1.21 bits per heavy atom. The van der Waals surface area contributed by atoms with Gasteiger partial charge in [0.2, 0.25) is 5.82 Å². The van der Waals surface area contributed by atoms with Crippen molar-refractivity contribution in [2.75, 3.05) is 0 Å². The summed E-state index contributed by atoms with van der Waals surface area (Å²) in [4.78, 5) is 11.8. The maximum Gasteiger partial charge on any atom is 0.232 e. The molecule has 0 atom stereocenters. The van der Waals surface area contributed by atoms with Gasteiger partial charge in [0.05, 0.1) is 5.69 Å². The molecule has 2 rings (SSSR count). The van der Waals surface area contributed by atoms with Gasteiger partial charge < -0.3 is 0 Å². The predicted octanol–water partition coefficient (Wildman–Crippen LogP) is 1.41. The Labute approximate surface area is 80.9 Å². The molecule has 0 aliphatic rings. The van der Waals surface area contributed by atoms with Crippen LogP contribution in [0.4, 0.5) is 0 Å². The molecule has 4 heteroatoms. The minimum absolute atomic E-state index is 0.173. The Bertz CT molecular complexity index is 473. The summed E-state index contributed by atoms with van der Waals surface area (Å²) in [7, 11) is 0. The Morgan fingerprint density at radius 3 is 2.86 bits per heavy atom. The molecule has 14 heavy (non-hydrogen) atoms. The Hall–Kier alpha value is -2.28. The molecule has 4 nitrogen and oxygen atoms in total.